The number of carbonyl (C=O) groups excluding carboxylic acids is 2. The smallest absolute Gasteiger partial charge is 0.203 e. The number of Topliss-reactive ketones (excluding diaryl/α,β-unsaturated/α-hetero) is 1. The van der Waals surface area contributed by atoms with Crippen LogP contribution in [0.4, 0.5) is 0 Å². The molecule has 0 rings (SSSR count). The Hall–Kier alpha value is -1.35. The first kappa shape index (κ1) is 7.65. The Morgan fingerprint density at radius 1 is 1.89 bits per heavy atom. The van der Waals surface area contributed by atoms with Crippen molar-refractivity contribution in [3.05, 3.63) is 10.4 Å². The zero-order chi connectivity index (χ0) is 7.28. The standard InChI is InChI=1S/C4H5N3O2/c1-3(6-7-5)4(9)2-8/h2-3H,1H3. The van der Waals surface area contributed by atoms with Crippen molar-refractivity contribution in [2.45, 2.75) is 13.0 Å². The molecule has 0 aromatic carbocycles. The summed E-state index contributed by atoms with van der Waals surface area (Å²) in [4.78, 5) is 22.3. The lowest BCUT2D eigenvalue weighted by atomic mass is 10.2. The molecule has 48 valence electrons. The van der Waals surface area contributed by atoms with Gasteiger partial charge in [0.25, 0.3) is 0 Å². The third kappa shape index (κ3) is 2.46. The lowest BCUT2D eigenvalue weighted by molar-refractivity contribution is -0.130. The Morgan fingerprint density at radius 2 is 2.44 bits per heavy atom. The van der Waals surface area contributed by atoms with Gasteiger partial charge in [-0.15, -0.1) is 0 Å². The highest BCUT2D eigenvalue weighted by Gasteiger charge is 2.07. The van der Waals surface area contributed by atoms with E-state index in [9.17, 15) is 9.59 Å². The largest absolute Gasteiger partial charge is 0.295 e. The van der Waals surface area contributed by atoms with Gasteiger partial charge in [0, 0.05) is 4.91 Å². The van der Waals surface area contributed by atoms with E-state index in [0.717, 1.165) is 0 Å². The van der Waals surface area contributed by atoms with Gasteiger partial charge in [-0.1, -0.05) is 5.11 Å². The summed E-state index contributed by atoms with van der Waals surface area (Å²) in [5.74, 6) is -0.701. The number of carbonyl (C=O) groups is 2. The minimum absolute atomic E-state index is 0.138. The number of ketones is 1. The molecule has 0 saturated heterocycles. The van der Waals surface area contributed by atoms with E-state index in [2.05, 4.69) is 10.0 Å². The number of aldehydes is 1. The first-order chi connectivity index (χ1) is 4.22. The van der Waals surface area contributed by atoms with Gasteiger partial charge in [-0.25, -0.2) is 0 Å². The molecule has 5 nitrogen and oxygen atoms in total. The molecular formula is C4H5N3O2. The van der Waals surface area contributed by atoms with Crippen molar-refractivity contribution in [3.63, 3.8) is 0 Å². The highest BCUT2D eigenvalue weighted by molar-refractivity contribution is 6.27. The average Bonchev–Trinajstić information content (AvgIpc) is 1.87. The van der Waals surface area contributed by atoms with Gasteiger partial charge in [-0.05, 0) is 12.5 Å². The SMILES string of the molecule is CC(N=[N+]=[N-])C(=O)C=O. The van der Waals surface area contributed by atoms with E-state index in [1.807, 2.05) is 0 Å². The van der Waals surface area contributed by atoms with Crippen LogP contribution in [0.25, 0.3) is 10.4 Å². The molecule has 0 aromatic heterocycles. The summed E-state index contributed by atoms with van der Waals surface area (Å²) in [5.41, 5.74) is 7.77. The molecule has 9 heavy (non-hydrogen) atoms. The van der Waals surface area contributed by atoms with Gasteiger partial charge >= 0.3 is 0 Å². The average molecular weight is 127 g/mol. The molecule has 0 N–H and O–H groups in total. The van der Waals surface area contributed by atoms with Crippen molar-refractivity contribution in [1.82, 2.24) is 0 Å². The molecule has 0 bridgehead atoms. The molecule has 1 atom stereocenters. The summed E-state index contributed by atoms with van der Waals surface area (Å²) >= 11 is 0. The molecule has 0 saturated carbocycles. The van der Waals surface area contributed by atoms with Crippen LogP contribution in [0.1, 0.15) is 6.92 Å². The molecular weight excluding hydrogens is 122 g/mol. The van der Waals surface area contributed by atoms with E-state index in [0.29, 0.717) is 0 Å². The Bertz CT molecular complexity index is 171. The maximum Gasteiger partial charge on any atom is 0.203 e. The number of rotatable bonds is 3. The topological polar surface area (TPSA) is 82.9 Å². The van der Waals surface area contributed by atoms with Crippen LogP contribution < -0.4 is 0 Å². The van der Waals surface area contributed by atoms with Gasteiger partial charge in [0.1, 0.15) is 6.04 Å². The summed E-state index contributed by atoms with van der Waals surface area (Å²) in [6.45, 7) is 1.36. The molecule has 0 aliphatic heterocycles. The minimum atomic E-state index is -0.868. The third-order valence-corrected chi connectivity index (χ3v) is 0.753. The predicted molar refractivity (Wildman–Crippen MR) is 29.7 cm³/mol. The summed E-state index contributed by atoms with van der Waals surface area (Å²) < 4.78 is 0. The van der Waals surface area contributed by atoms with Crippen LogP contribution in [0.15, 0.2) is 5.11 Å². The number of hydrogen-bond acceptors (Lipinski definition) is 3. The van der Waals surface area contributed by atoms with Crippen molar-refractivity contribution in [3.8, 4) is 0 Å². The van der Waals surface area contributed by atoms with Gasteiger partial charge in [-0.2, -0.15) is 0 Å². The van der Waals surface area contributed by atoms with Crippen LogP contribution in [0.2, 0.25) is 0 Å². The molecule has 1 unspecified atom stereocenters. The number of azide groups is 1. The van der Waals surface area contributed by atoms with Crippen molar-refractivity contribution < 1.29 is 9.59 Å². The fourth-order valence-corrected chi connectivity index (χ4v) is 0.233. The van der Waals surface area contributed by atoms with E-state index in [-0.39, 0.29) is 6.29 Å². The van der Waals surface area contributed by atoms with Crippen LogP contribution in [0.3, 0.4) is 0 Å². The van der Waals surface area contributed by atoms with Gasteiger partial charge < -0.3 is 0 Å². The van der Waals surface area contributed by atoms with Crippen molar-refractivity contribution in [1.29, 1.82) is 0 Å². The fraction of sp³-hybridized carbons (Fsp3) is 0.500. The molecule has 0 radical (unpaired) electrons. The first-order valence-corrected chi connectivity index (χ1v) is 2.25. The first-order valence-electron chi connectivity index (χ1n) is 2.25. The van der Waals surface area contributed by atoms with Crippen molar-refractivity contribution in [2.75, 3.05) is 0 Å². The van der Waals surface area contributed by atoms with Gasteiger partial charge in [-0.3, -0.25) is 9.59 Å². The molecule has 5 heteroatoms. The van der Waals surface area contributed by atoms with Crippen LogP contribution in [0.5, 0.6) is 0 Å². The Morgan fingerprint density at radius 3 is 2.78 bits per heavy atom. The Balaban J connectivity index is 4.02. The lowest BCUT2D eigenvalue weighted by Gasteiger charge is -1.90. The highest BCUT2D eigenvalue weighted by Crippen LogP contribution is 1.88. The van der Waals surface area contributed by atoms with Crippen LogP contribution in [-0.2, 0) is 9.59 Å². The quantitative estimate of drug-likeness (QED) is 0.181. The summed E-state index contributed by atoms with van der Waals surface area (Å²) in [5, 5.41) is 3.00. The maximum atomic E-state index is 10.3. The van der Waals surface area contributed by atoms with E-state index >= 15 is 0 Å². The zero-order valence-electron chi connectivity index (χ0n) is 4.81. The van der Waals surface area contributed by atoms with E-state index in [1.165, 1.54) is 6.92 Å². The second-order valence-electron chi connectivity index (χ2n) is 1.40. The normalized spacial score (nSPS) is 11.2. The van der Waals surface area contributed by atoms with Gasteiger partial charge in [0.05, 0.1) is 0 Å². The van der Waals surface area contributed by atoms with Crippen molar-refractivity contribution in [2.24, 2.45) is 5.11 Å². The molecule has 0 aromatic rings. The second-order valence-corrected chi connectivity index (χ2v) is 1.40. The molecule has 0 aliphatic carbocycles. The predicted octanol–water partition coefficient (Wildman–Crippen LogP) is 0.453. The van der Waals surface area contributed by atoms with Gasteiger partial charge in [0.15, 0.2) is 6.29 Å². The summed E-state index contributed by atoms with van der Waals surface area (Å²) in [7, 11) is 0. The Kier molecular flexibility index (Phi) is 3.08. The van der Waals surface area contributed by atoms with Gasteiger partial charge in [0.2, 0.25) is 5.78 Å². The summed E-state index contributed by atoms with van der Waals surface area (Å²) in [6.07, 6.45) is 0.138. The van der Waals surface area contributed by atoms with E-state index in [1.54, 1.807) is 0 Å². The van der Waals surface area contributed by atoms with E-state index < -0.39 is 11.8 Å². The monoisotopic (exact) mass is 127 g/mol. The van der Waals surface area contributed by atoms with Crippen LogP contribution in [-0.4, -0.2) is 18.1 Å². The number of hydrogen-bond donors (Lipinski definition) is 0. The third-order valence-electron chi connectivity index (χ3n) is 0.753. The minimum Gasteiger partial charge on any atom is -0.295 e. The Labute approximate surface area is 51.3 Å². The molecule has 0 fully saturated rings. The molecule has 0 aliphatic rings. The summed E-state index contributed by atoms with van der Waals surface area (Å²) in [6, 6.07) is -0.868. The molecule has 0 spiro atoms. The highest BCUT2D eigenvalue weighted by atomic mass is 16.2. The van der Waals surface area contributed by atoms with Crippen molar-refractivity contribution >= 4 is 12.1 Å². The maximum absolute atomic E-state index is 10.3. The van der Waals surface area contributed by atoms with Crippen LogP contribution >= 0.6 is 0 Å². The second kappa shape index (κ2) is 3.63. The molecule has 0 heterocycles. The van der Waals surface area contributed by atoms with E-state index in [4.69, 9.17) is 5.53 Å². The number of nitrogens with zero attached hydrogens (tertiary/aromatic N) is 3. The fourth-order valence-electron chi connectivity index (χ4n) is 0.233. The van der Waals surface area contributed by atoms with Crippen LogP contribution in [0, 0.1) is 0 Å². The lowest BCUT2D eigenvalue weighted by Crippen LogP contribution is -2.14. The zero-order valence-corrected chi connectivity index (χ0v) is 4.81. The molecule has 0 amide bonds.